The van der Waals surface area contributed by atoms with Crippen LogP contribution in [-0.2, 0) is 4.74 Å². The van der Waals surface area contributed by atoms with Gasteiger partial charge in [0.1, 0.15) is 6.10 Å². The molecule has 0 aromatic carbocycles. The van der Waals surface area contributed by atoms with Crippen molar-refractivity contribution in [2.45, 2.75) is 51.8 Å². The normalized spacial score (nSPS) is 42.0. The molecule has 0 spiro atoms. The maximum Gasteiger partial charge on any atom is 0.183 e. The molecule has 0 amide bonds. The first kappa shape index (κ1) is 10.9. The summed E-state index contributed by atoms with van der Waals surface area (Å²) in [5.41, 5.74) is -0.137. The zero-order valence-electron chi connectivity index (χ0n) is 8.27. The molecule has 0 aromatic rings. The summed E-state index contributed by atoms with van der Waals surface area (Å²) >= 11 is 0. The first-order valence-electron chi connectivity index (χ1n) is 4.52. The number of hydrogen-bond donors (Lipinski definition) is 3. The second-order valence-electron chi connectivity index (χ2n) is 4.67. The SMILES string of the molecule is CC(C)(C)C1C[C@@H](O)[C@@H](O)[C@@H](O)O1. The predicted octanol–water partition coefficient (Wildman–Crippen LogP) is -0.138. The van der Waals surface area contributed by atoms with Gasteiger partial charge in [0.2, 0.25) is 0 Å². The summed E-state index contributed by atoms with van der Waals surface area (Å²) in [6, 6.07) is 0. The fourth-order valence-electron chi connectivity index (χ4n) is 1.41. The molecule has 0 aliphatic carbocycles. The third-order valence-corrected chi connectivity index (χ3v) is 2.41. The molecular formula is C9H18O4. The van der Waals surface area contributed by atoms with Gasteiger partial charge in [0.15, 0.2) is 6.29 Å². The van der Waals surface area contributed by atoms with Crippen LogP contribution in [-0.4, -0.2) is 39.9 Å². The lowest BCUT2D eigenvalue weighted by molar-refractivity contribution is -0.263. The van der Waals surface area contributed by atoms with Crippen molar-refractivity contribution in [3.05, 3.63) is 0 Å². The van der Waals surface area contributed by atoms with Gasteiger partial charge in [-0.2, -0.15) is 0 Å². The average Bonchev–Trinajstić information content (AvgIpc) is 1.97. The molecule has 1 unspecified atom stereocenters. The predicted molar refractivity (Wildman–Crippen MR) is 47.0 cm³/mol. The van der Waals surface area contributed by atoms with Crippen LogP contribution in [0.5, 0.6) is 0 Å². The third-order valence-electron chi connectivity index (χ3n) is 2.41. The van der Waals surface area contributed by atoms with E-state index >= 15 is 0 Å². The third kappa shape index (κ3) is 2.40. The van der Waals surface area contributed by atoms with Crippen LogP contribution >= 0.6 is 0 Å². The van der Waals surface area contributed by atoms with E-state index in [1.54, 1.807) is 0 Å². The van der Waals surface area contributed by atoms with Gasteiger partial charge in [0.05, 0.1) is 12.2 Å². The lowest BCUT2D eigenvalue weighted by atomic mass is 9.83. The van der Waals surface area contributed by atoms with Crippen LogP contribution in [0.4, 0.5) is 0 Å². The fraction of sp³-hybridized carbons (Fsp3) is 1.00. The standard InChI is InChI=1S/C9H18O4/c1-9(2,3)6-4-5(10)7(11)8(12)13-6/h5-8,10-12H,4H2,1-3H3/t5-,6?,7-,8+/m1/s1. The molecule has 4 heteroatoms. The van der Waals surface area contributed by atoms with Gasteiger partial charge < -0.3 is 20.1 Å². The maximum absolute atomic E-state index is 9.39. The van der Waals surface area contributed by atoms with E-state index in [4.69, 9.17) is 4.74 Å². The summed E-state index contributed by atoms with van der Waals surface area (Å²) in [6.07, 6.45) is -3.21. The lowest BCUT2D eigenvalue weighted by Gasteiger charge is -2.40. The highest BCUT2D eigenvalue weighted by molar-refractivity contribution is 4.86. The molecule has 1 fully saturated rings. The van der Waals surface area contributed by atoms with Gasteiger partial charge in [-0.05, 0) is 5.41 Å². The molecule has 3 N–H and O–H groups in total. The van der Waals surface area contributed by atoms with Crippen molar-refractivity contribution in [2.24, 2.45) is 5.41 Å². The second kappa shape index (κ2) is 3.53. The summed E-state index contributed by atoms with van der Waals surface area (Å²) in [7, 11) is 0. The van der Waals surface area contributed by atoms with E-state index in [0.717, 1.165) is 0 Å². The lowest BCUT2D eigenvalue weighted by Crippen LogP contribution is -2.51. The van der Waals surface area contributed by atoms with Gasteiger partial charge in [-0.25, -0.2) is 0 Å². The Kier molecular flexibility index (Phi) is 2.97. The van der Waals surface area contributed by atoms with E-state index in [1.165, 1.54) is 0 Å². The Balaban J connectivity index is 2.64. The zero-order chi connectivity index (χ0) is 10.2. The molecule has 0 bridgehead atoms. The van der Waals surface area contributed by atoms with E-state index in [-0.39, 0.29) is 11.5 Å². The molecule has 0 aromatic heterocycles. The number of hydrogen-bond acceptors (Lipinski definition) is 4. The Bertz CT molecular complexity index is 163. The van der Waals surface area contributed by atoms with Crippen molar-refractivity contribution in [3.8, 4) is 0 Å². The molecule has 1 aliphatic rings. The molecule has 0 radical (unpaired) electrons. The number of rotatable bonds is 0. The summed E-state index contributed by atoms with van der Waals surface area (Å²) in [6.45, 7) is 5.90. The van der Waals surface area contributed by atoms with Gasteiger partial charge >= 0.3 is 0 Å². The zero-order valence-corrected chi connectivity index (χ0v) is 8.27. The molecule has 1 heterocycles. The molecule has 0 saturated carbocycles. The van der Waals surface area contributed by atoms with Crippen LogP contribution in [0.2, 0.25) is 0 Å². The van der Waals surface area contributed by atoms with Crippen LogP contribution in [0.25, 0.3) is 0 Å². The molecule has 13 heavy (non-hydrogen) atoms. The molecule has 1 rings (SSSR count). The van der Waals surface area contributed by atoms with Crippen molar-refractivity contribution < 1.29 is 20.1 Å². The van der Waals surface area contributed by atoms with Crippen LogP contribution in [0.1, 0.15) is 27.2 Å². The van der Waals surface area contributed by atoms with Gasteiger partial charge in [-0.1, -0.05) is 20.8 Å². The van der Waals surface area contributed by atoms with E-state index in [9.17, 15) is 15.3 Å². The minimum atomic E-state index is -1.27. The van der Waals surface area contributed by atoms with Crippen LogP contribution < -0.4 is 0 Å². The molecule has 1 saturated heterocycles. The fourth-order valence-corrected chi connectivity index (χ4v) is 1.41. The molecule has 78 valence electrons. The van der Waals surface area contributed by atoms with Crippen molar-refractivity contribution in [1.29, 1.82) is 0 Å². The maximum atomic E-state index is 9.39. The molecule has 4 atom stereocenters. The van der Waals surface area contributed by atoms with Gasteiger partial charge in [-0.15, -0.1) is 0 Å². The van der Waals surface area contributed by atoms with E-state index in [1.807, 2.05) is 20.8 Å². The largest absolute Gasteiger partial charge is 0.390 e. The number of aliphatic hydroxyl groups excluding tert-OH is 3. The Morgan fingerprint density at radius 1 is 1.15 bits per heavy atom. The minimum Gasteiger partial charge on any atom is -0.390 e. The van der Waals surface area contributed by atoms with E-state index in [0.29, 0.717) is 6.42 Å². The molecular weight excluding hydrogens is 172 g/mol. The van der Waals surface area contributed by atoms with Crippen molar-refractivity contribution in [3.63, 3.8) is 0 Å². The summed E-state index contributed by atoms with van der Waals surface area (Å²) in [5.74, 6) is 0. The minimum absolute atomic E-state index is 0.137. The van der Waals surface area contributed by atoms with Gasteiger partial charge in [0, 0.05) is 6.42 Å². The highest BCUT2D eigenvalue weighted by Crippen LogP contribution is 2.31. The van der Waals surface area contributed by atoms with Crippen LogP contribution in [0, 0.1) is 5.41 Å². The summed E-state index contributed by atoms with van der Waals surface area (Å²) in [4.78, 5) is 0. The molecule has 4 nitrogen and oxygen atoms in total. The van der Waals surface area contributed by atoms with Crippen molar-refractivity contribution in [1.82, 2.24) is 0 Å². The highest BCUT2D eigenvalue weighted by Gasteiger charge is 2.40. The Morgan fingerprint density at radius 2 is 1.69 bits per heavy atom. The monoisotopic (exact) mass is 190 g/mol. The number of ether oxygens (including phenoxy) is 1. The van der Waals surface area contributed by atoms with Gasteiger partial charge in [0.25, 0.3) is 0 Å². The summed E-state index contributed by atoms with van der Waals surface area (Å²) in [5, 5.41) is 27.8. The van der Waals surface area contributed by atoms with E-state index < -0.39 is 18.5 Å². The van der Waals surface area contributed by atoms with Crippen LogP contribution in [0.3, 0.4) is 0 Å². The molecule has 1 aliphatic heterocycles. The summed E-state index contributed by atoms with van der Waals surface area (Å²) < 4.78 is 5.18. The number of aliphatic hydroxyl groups is 3. The first-order valence-corrected chi connectivity index (χ1v) is 4.52. The van der Waals surface area contributed by atoms with E-state index in [2.05, 4.69) is 0 Å². The van der Waals surface area contributed by atoms with Crippen molar-refractivity contribution in [2.75, 3.05) is 0 Å². The average molecular weight is 190 g/mol. The smallest absolute Gasteiger partial charge is 0.183 e. The first-order chi connectivity index (χ1) is 5.82. The van der Waals surface area contributed by atoms with Gasteiger partial charge in [-0.3, -0.25) is 0 Å². The second-order valence-corrected chi connectivity index (χ2v) is 4.67. The van der Waals surface area contributed by atoms with Crippen LogP contribution in [0.15, 0.2) is 0 Å². The Morgan fingerprint density at radius 3 is 2.08 bits per heavy atom. The quantitative estimate of drug-likeness (QED) is 0.497. The Labute approximate surface area is 78.1 Å². The topological polar surface area (TPSA) is 69.9 Å². The van der Waals surface area contributed by atoms with Crippen molar-refractivity contribution >= 4 is 0 Å². The Hall–Kier alpha value is -0.160. The highest BCUT2D eigenvalue weighted by atomic mass is 16.6.